The molecule has 2 nitrogen and oxygen atoms in total. The maximum atomic E-state index is 12.0. The molecule has 2 N–H and O–H groups in total. The van der Waals surface area contributed by atoms with Crippen LogP contribution < -0.4 is 5.73 Å². The molecule has 3 heteroatoms. The molecule has 0 saturated heterocycles. The van der Waals surface area contributed by atoms with E-state index in [-0.39, 0.29) is 12.2 Å². The van der Waals surface area contributed by atoms with Crippen LogP contribution in [0.1, 0.15) is 20.8 Å². The molecule has 0 aromatic carbocycles. The fraction of sp³-hybridized carbons (Fsp3) is 1.00. The van der Waals surface area contributed by atoms with E-state index in [9.17, 15) is 4.39 Å². The number of likely N-dealkylation sites (N-methyl/N-ethyl adjacent to an activating group) is 1. The molecule has 68 valence electrons. The molecule has 0 bridgehead atoms. The fourth-order valence-corrected chi connectivity index (χ4v) is 1.12. The van der Waals surface area contributed by atoms with Crippen LogP contribution in [0.2, 0.25) is 0 Å². The molecular weight excluding hydrogens is 143 g/mol. The molecule has 0 aromatic heterocycles. The van der Waals surface area contributed by atoms with E-state index in [4.69, 9.17) is 5.73 Å². The molecular formula is C8H19FN2. The van der Waals surface area contributed by atoms with Gasteiger partial charge >= 0.3 is 0 Å². The molecule has 11 heavy (non-hydrogen) atoms. The summed E-state index contributed by atoms with van der Waals surface area (Å²) in [6.07, 6.45) is 0. The lowest BCUT2D eigenvalue weighted by molar-refractivity contribution is 0.124. The van der Waals surface area contributed by atoms with Gasteiger partial charge in [0.25, 0.3) is 0 Å². The van der Waals surface area contributed by atoms with Crippen LogP contribution in [0.5, 0.6) is 0 Å². The summed E-state index contributed by atoms with van der Waals surface area (Å²) in [5, 5.41) is 0. The van der Waals surface area contributed by atoms with Crippen molar-refractivity contribution in [1.29, 1.82) is 0 Å². The monoisotopic (exact) mass is 162 g/mol. The number of alkyl halides is 1. The Labute approximate surface area is 68.6 Å². The lowest BCUT2D eigenvalue weighted by atomic mass is 10.0. The van der Waals surface area contributed by atoms with E-state index < -0.39 is 0 Å². The third-order valence-corrected chi connectivity index (χ3v) is 2.09. The van der Waals surface area contributed by atoms with E-state index in [2.05, 4.69) is 0 Å². The van der Waals surface area contributed by atoms with Crippen molar-refractivity contribution in [3.63, 3.8) is 0 Å². The molecule has 0 fully saturated rings. The Bertz CT molecular complexity index is 104. The number of nitrogens with two attached hydrogens (primary N) is 1. The molecule has 0 unspecified atom stereocenters. The van der Waals surface area contributed by atoms with Gasteiger partial charge in [0, 0.05) is 18.6 Å². The molecule has 0 spiro atoms. The Hall–Kier alpha value is -0.150. The highest BCUT2D eigenvalue weighted by atomic mass is 19.1. The molecule has 0 aromatic rings. The summed E-state index contributed by atoms with van der Waals surface area (Å²) in [4.78, 5) is 2.05. The first kappa shape index (κ1) is 10.8. The van der Waals surface area contributed by atoms with Gasteiger partial charge in [0.05, 0.1) is 0 Å². The van der Waals surface area contributed by atoms with Gasteiger partial charge in [-0.3, -0.25) is 4.90 Å². The molecule has 0 atom stereocenters. The van der Waals surface area contributed by atoms with Crippen LogP contribution in [0, 0.1) is 0 Å². The zero-order valence-electron chi connectivity index (χ0n) is 7.73. The highest BCUT2D eigenvalue weighted by Gasteiger charge is 2.22. The summed E-state index contributed by atoms with van der Waals surface area (Å²) in [6, 6.07) is 0. The van der Waals surface area contributed by atoms with Gasteiger partial charge in [-0.25, -0.2) is 4.39 Å². The van der Waals surface area contributed by atoms with Crippen molar-refractivity contribution in [3.05, 3.63) is 0 Å². The highest BCUT2D eigenvalue weighted by molar-refractivity contribution is 4.81. The number of hydrogen-bond acceptors (Lipinski definition) is 2. The average molecular weight is 162 g/mol. The van der Waals surface area contributed by atoms with Gasteiger partial charge in [-0.15, -0.1) is 0 Å². The lowest BCUT2D eigenvalue weighted by Crippen LogP contribution is -2.49. The fourth-order valence-electron chi connectivity index (χ4n) is 1.12. The van der Waals surface area contributed by atoms with Crippen molar-refractivity contribution in [2.45, 2.75) is 26.3 Å². The van der Waals surface area contributed by atoms with E-state index in [1.54, 1.807) is 0 Å². The number of rotatable bonds is 5. The molecule has 0 saturated carbocycles. The van der Waals surface area contributed by atoms with Crippen LogP contribution in [-0.2, 0) is 0 Å². The Kier molecular flexibility index (Phi) is 4.61. The van der Waals surface area contributed by atoms with Crippen molar-refractivity contribution >= 4 is 0 Å². The second-order valence-corrected chi connectivity index (χ2v) is 3.29. The minimum atomic E-state index is -0.294. The van der Waals surface area contributed by atoms with Crippen LogP contribution in [0.3, 0.4) is 0 Å². The molecule has 0 radical (unpaired) electrons. The van der Waals surface area contributed by atoms with Gasteiger partial charge in [-0.1, -0.05) is 6.92 Å². The maximum Gasteiger partial charge on any atom is 0.102 e. The lowest BCUT2D eigenvalue weighted by Gasteiger charge is -2.36. The number of halogens is 1. The van der Waals surface area contributed by atoms with Gasteiger partial charge in [0.2, 0.25) is 0 Å². The van der Waals surface area contributed by atoms with Crippen molar-refractivity contribution in [2.75, 3.05) is 26.3 Å². The standard InChI is InChI=1S/C8H19FN2/c1-4-11(6-5-9)8(2,3)7-10/h4-7,10H2,1-3H3. The topological polar surface area (TPSA) is 29.3 Å². The van der Waals surface area contributed by atoms with E-state index in [0.29, 0.717) is 13.1 Å². The molecule has 0 amide bonds. The summed E-state index contributed by atoms with van der Waals surface area (Å²) < 4.78 is 12.0. The first-order chi connectivity index (χ1) is 5.08. The van der Waals surface area contributed by atoms with Gasteiger partial charge in [-0.2, -0.15) is 0 Å². The molecule has 0 aliphatic rings. The second-order valence-electron chi connectivity index (χ2n) is 3.29. The van der Waals surface area contributed by atoms with Crippen molar-refractivity contribution in [3.8, 4) is 0 Å². The SMILES string of the molecule is CCN(CCF)C(C)(C)CN. The third kappa shape index (κ3) is 3.16. The van der Waals surface area contributed by atoms with Crippen LogP contribution in [0.15, 0.2) is 0 Å². The van der Waals surface area contributed by atoms with E-state index >= 15 is 0 Å². The quantitative estimate of drug-likeness (QED) is 0.654. The van der Waals surface area contributed by atoms with Crippen LogP contribution in [0.4, 0.5) is 4.39 Å². The smallest absolute Gasteiger partial charge is 0.102 e. The molecule has 0 rings (SSSR count). The Morgan fingerprint density at radius 2 is 2.00 bits per heavy atom. The average Bonchev–Trinajstić information content (AvgIpc) is 2.00. The molecule has 0 heterocycles. The number of nitrogens with zero attached hydrogens (tertiary/aromatic N) is 1. The largest absolute Gasteiger partial charge is 0.329 e. The van der Waals surface area contributed by atoms with Crippen LogP contribution >= 0.6 is 0 Å². The summed E-state index contributed by atoms with van der Waals surface area (Å²) in [5.41, 5.74) is 5.48. The minimum absolute atomic E-state index is 0.0686. The molecule has 0 aliphatic heterocycles. The summed E-state index contributed by atoms with van der Waals surface area (Å²) in [7, 11) is 0. The predicted octanol–water partition coefficient (Wildman–Crippen LogP) is 1.02. The zero-order valence-corrected chi connectivity index (χ0v) is 7.73. The Morgan fingerprint density at radius 3 is 2.27 bits per heavy atom. The Balaban J connectivity index is 3.99. The zero-order chi connectivity index (χ0) is 8.91. The minimum Gasteiger partial charge on any atom is -0.329 e. The highest BCUT2D eigenvalue weighted by Crippen LogP contribution is 2.11. The van der Waals surface area contributed by atoms with Gasteiger partial charge < -0.3 is 5.73 Å². The first-order valence-electron chi connectivity index (χ1n) is 4.09. The van der Waals surface area contributed by atoms with Crippen molar-refractivity contribution in [2.24, 2.45) is 5.73 Å². The van der Waals surface area contributed by atoms with Crippen LogP contribution in [-0.4, -0.2) is 36.7 Å². The maximum absolute atomic E-state index is 12.0. The predicted molar refractivity (Wildman–Crippen MR) is 46.4 cm³/mol. The van der Waals surface area contributed by atoms with Gasteiger partial charge in [0.15, 0.2) is 0 Å². The van der Waals surface area contributed by atoms with Crippen molar-refractivity contribution < 1.29 is 4.39 Å². The van der Waals surface area contributed by atoms with E-state index in [0.717, 1.165) is 6.54 Å². The van der Waals surface area contributed by atoms with Crippen molar-refractivity contribution in [1.82, 2.24) is 4.90 Å². The second kappa shape index (κ2) is 4.67. The normalized spacial score (nSPS) is 12.5. The summed E-state index contributed by atoms with van der Waals surface area (Å²) >= 11 is 0. The van der Waals surface area contributed by atoms with E-state index in [1.807, 2.05) is 25.7 Å². The van der Waals surface area contributed by atoms with E-state index in [1.165, 1.54) is 0 Å². The third-order valence-electron chi connectivity index (χ3n) is 2.09. The van der Waals surface area contributed by atoms with Gasteiger partial charge in [-0.05, 0) is 20.4 Å². The molecule has 0 aliphatic carbocycles. The van der Waals surface area contributed by atoms with Gasteiger partial charge in [0.1, 0.15) is 6.67 Å². The summed E-state index contributed by atoms with van der Waals surface area (Å²) in [5.74, 6) is 0. The summed E-state index contributed by atoms with van der Waals surface area (Å²) in [6.45, 7) is 7.71. The first-order valence-corrected chi connectivity index (χ1v) is 4.09. The van der Waals surface area contributed by atoms with Crippen LogP contribution in [0.25, 0.3) is 0 Å². The number of hydrogen-bond donors (Lipinski definition) is 1. The Morgan fingerprint density at radius 1 is 1.45 bits per heavy atom.